The number of nitrogens with zero attached hydrogens (tertiary/aromatic N) is 3. The Bertz CT molecular complexity index is 867. The molecule has 3 aromatic rings. The van der Waals surface area contributed by atoms with Crippen LogP contribution in [0.2, 0.25) is 5.15 Å². The van der Waals surface area contributed by atoms with Crippen LogP contribution in [0, 0.1) is 0 Å². The highest BCUT2D eigenvalue weighted by Gasteiger charge is 2.16. The number of aromatic nitrogens is 4. The van der Waals surface area contributed by atoms with Gasteiger partial charge in [0.1, 0.15) is 10.9 Å². The van der Waals surface area contributed by atoms with Crippen LogP contribution in [0.1, 0.15) is 10.5 Å². The Balaban J connectivity index is 1.86. The molecule has 2 N–H and O–H groups in total. The van der Waals surface area contributed by atoms with E-state index in [1.165, 1.54) is 0 Å². The summed E-state index contributed by atoms with van der Waals surface area (Å²) in [6.45, 7) is 0. The molecule has 3 rings (SSSR count). The number of carboxylic acids is 1. The van der Waals surface area contributed by atoms with Crippen LogP contribution < -0.4 is 10.0 Å². The molecule has 1 unspecified atom stereocenters. The second kappa shape index (κ2) is 6.32. The minimum absolute atomic E-state index is 0.100. The fraction of sp³-hybridized carbons (Fsp3) is 0. The third-order valence-electron chi connectivity index (χ3n) is 2.97. The van der Waals surface area contributed by atoms with Gasteiger partial charge in [0.05, 0.1) is 0 Å². The first-order valence-electron chi connectivity index (χ1n) is 6.38. The zero-order valence-corrected chi connectivity index (χ0v) is 13.4. The van der Waals surface area contributed by atoms with Crippen LogP contribution in [0.15, 0.2) is 36.5 Å². The Hall–Kier alpha value is -2.50. The van der Waals surface area contributed by atoms with Gasteiger partial charge in [0.15, 0.2) is 0 Å². The van der Waals surface area contributed by atoms with Crippen molar-refractivity contribution in [3.05, 3.63) is 47.4 Å². The van der Waals surface area contributed by atoms with Crippen molar-refractivity contribution in [2.75, 3.05) is 0 Å². The molecule has 7 nitrogen and oxygen atoms in total. The Morgan fingerprint density at radius 2 is 2.04 bits per heavy atom. The first-order chi connectivity index (χ1) is 11.0. The number of nitrogens with one attached hydrogen (secondary N) is 1. The molecule has 0 aliphatic rings. The van der Waals surface area contributed by atoms with Crippen LogP contribution in [-0.4, -0.2) is 31.5 Å². The maximum Gasteiger partial charge on any atom is 0.359 e. The number of ether oxygens (including phenoxy) is 1. The molecular formula is C14H10ClN4O3P. The van der Waals surface area contributed by atoms with Gasteiger partial charge in [0.2, 0.25) is 5.69 Å². The van der Waals surface area contributed by atoms with Gasteiger partial charge in [0, 0.05) is 11.8 Å². The SMILES string of the molecule is O=C(O)c1[nH]nnc1Oc1ccc(-c2cc(P)cnc2Cl)cc1. The minimum atomic E-state index is -1.20. The van der Waals surface area contributed by atoms with E-state index in [0.29, 0.717) is 10.9 Å². The average molecular weight is 349 g/mol. The van der Waals surface area contributed by atoms with Gasteiger partial charge < -0.3 is 9.84 Å². The summed E-state index contributed by atoms with van der Waals surface area (Å²) in [7, 11) is 2.56. The average Bonchev–Trinajstić information content (AvgIpc) is 2.99. The topological polar surface area (TPSA) is 101 Å². The Morgan fingerprint density at radius 3 is 2.74 bits per heavy atom. The number of halogens is 1. The van der Waals surface area contributed by atoms with Crippen molar-refractivity contribution in [2.24, 2.45) is 0 Å². The monoisotopic (exact) mass is 348 g/mol. The summed E-state index contributed by atoms with van der Waals surface area (Å²) in [5, 5.41) is 19.6. The molecule has 0 spiro atoms. The molecule has 1 atom stereocenters. The van der Waals surface area contributed by atoms with Crippen molar-refractivity contribution in [1.82, 2.24) is 20.4 Å². The third kappa shape index (κ3) is 3.31. The highest BCUT2D eigenvalue weighted by Crippen LogP contribution is 2.29. The van der Waals surface area contributed by atoms with Crippen LogP contribution in [-0.2, 0) is 0 Å². The van der Waals surface area contributed by atoms with E-state index in [1.54, 1.807) is 30.5 Å². The lowest BCUT2D eigenvalue weighted by Gasteiger charge is -2.07. The van der Waals surface area contributed by atoms with Gasteiger partial charge in [-0.15, -0.1) is 9.24 Å². The summed E-state index contributed by atoms with van der Waals surface area (Å²) in [6.07, 6.45) is 1.66. The molecule has 0 saturated carbocycles. The van der Waals surface area contributed by atoms with E-state index >= 15 is 0 Å². The van der Waals surface area contributed by atoms with Crippen LogP contribution in [0.4, 0.5) is 0 Å². The van der Waals surface area contributed by atoms with Crippen molar-refractivity contribution >= 4 is 32.1 Å². The molecule has 0 aliphatic heterocycles. The predicted octanol–water partition coefficient (Wildman–Crippen LogP) is 2.51. The Labute approximate surface area is 137 Å². The van der Waals surface area contributed by atoms with E-state index in [2.05, 4.69) is 29.6 Å². The summed E-state index contributed by atoms with van der Waals surface area (Å²) in [5.74, 6) is -0.870. The summed E-state index contributed by atoms with van der Waals surface area (Å²) in [6, 6.07) is 8.85. The lowest BCUT2D eigenvalue weighted by atomic mass is 10.1. The highest BCUT2D eigenvalue weighted by atomic mass is 35.5. The molecule has 0 radical (unpaired) electrons. The predicted molar refractivity (Wildman–Crippen MR) is 87.4 cm³/mol. The molecule has 116 valence electrons. The number of H-pyrrole nitrogens is 1. The third-order valence-corrected chi connectivity index (χ3v) is 3.59. The molecular weight excluding hydrogens is 339 g/mol. The zero-order valence-electron chi connectivity index (χ0n) is 11.5. The number of aromatic carboxylic acids is 1. The standard InChI is InChI=1S/C14H10ClN4O3P/c15-12-10(5-9(23)6-16-12)7-1-3-8(4-2-7)22-13-11(14(20)21)17-19-18-13/h1-6H,23H2,(H,20,21)(H,17,18,19). The van der Waals surface area contributed by atoms with E-state index in [4.69, 9.17) is 21.4 Å². The molecule has 0 saturated heterocycles. The maximum atomic E-state index is 11.0. The fourth-order valence-electron chi connectivity index (χ4n) is 1.91. The van der Waals surface area contributed by atoms with Gasteiger partial charge in [0.25, 0.3) is 5.88 Å². The lowest BCUT2D eigenvalue weighted by Crippen LogP contribution is -1.99. The number of aromatic amines is 1. The zero-order chi connectivity index (χ0) is 16.4. The second-order valence-electron chi connectivity index (χ2n) is 4.53. The van der Waals surface area contributed by atoms with E-state index in [-0.39, 0.29) is 11.6 Å². The molecule has 9 heteroatoms. The van der Waals surface area contributed by atoms with E-state index in [1.807, 2.05) is 6.07 Å². The van der Waals surface area contributed by atoms with E-state index < -0.39 is 5.97 Å². The second-order valence-corrected chi connectivity index (χ2v) is 5.56. The Morgan fingerprint density at radius 1 is 1.30 bits per heavy atom. The minimum Gasteiger partial charge on any atom is -0.476 e. The van der Waals surface area contributed by atoms with Gasteiger partial charge >= 0.3 is 5.97 Å². The molecule has 1 aromatic carbocycles. The normalized spacial score (nSPS) is 10.5. The van der Waals surface area contributed by atoms with Crippen molar-refractivity contribution in [1.29, 1.82) is 0 Å². The number of carbonyl (C=O) groups is 1. The van der Waals surface area contributed by atoms with Gasteiger partial charge in [-0.05, 0) is 29.1 Å². The first-order valence-corrected chi connectivity index (χ1v) is 7.34. The summed E-state index contributed by atoms with van der Waals surface area (Å²) < 4.78 is 5.42. The van der Waals surface area contributed by atoms with Crippen molar-refractivity contribution in [2.45, 2.75) is 0 Å². The number of pyridine rings is 1. The van der Waals surface area contributed by atoms with Gasteiger partial charge in [-0.1, -0.05) is 34.0 Å². The maximum absolute atomic E-state index is 11.0. The molecule has 2 heterocycles. The van der Waals surface area contributed by atoms with Gasteiger partial charge in [-0.3, -0.25) is 0 Å². The number of carboxylic acid groups (broad SMARTS) is 1. The molecule has 0 fully saturated rings. The van der Waals surface area contributed by atoms with E-state index in [0.717, 1.165) is 16.4 Å². The van der Waals surface area contributed by atoms with Crippen LogP contribution in [0.25, 0.3) is 11.1 Å². The van der Waals surface area contributed by atoms with Crippen LogP contribution >= 0.6 is 20.8 Å². The summed E-state index contributed by atoms with van der Waals surface area (Å²) in [5.41, 5.74) is 1.44. The smallest absolute Gasteiger partial charge is 0.359 e. The van der Waals surface area contributed by atoms with Crippen molar-refractivity contribution in [3.8, 4) is 22.8 Å². The fourth-order valence-corrected chi connectivity index (χ4v) is 2.36. The number of benzene rings is 1. The van der Waals surface area contributed by atoms with Gasteiger partial charge in [-0.25, -0.2) is 14.9 Å². The summed E-state index contributed by atoms with van der Waals surface area (Å²) >= 11 is 6.10. The number of hydrogen-bond donors (Lipinski definition) is 2. The lowest BCUT2D eigenvalue weighted by molar-refractivity contribution is 0.0687. The van der Waals surface area contributed by atoms with Crippen LogP contribution in [0.5, 0.6) is 11.6 Å². The first kappa shape index (κ1) is 15.4. The van der Waals surface area contributed by atoms with Crippen molar-refractivity contribution < 1.29 is 14.6 Å². The highest BCUT2D eigenvalue weighted by molar-refractivity contribution is 7.27. The quantitative estimate of drug-likeness (QED) is 0.555. The molecule has 0 aliphatic carbocycles. The number of rotatable bonds is 4. The largest absolute Gasteiger partial charge is 0.476 e. The molecule has 0 amide bonds. The van der Waals surface area contributed by atoms with Crippen molar-refractivity contribution in [3.63, 3.8) is 0 Å². The van der Waals surface area contributed by atoms with E-state index in [9.17, 15) is 4.79 Å². The molecule has 23 heavy (non-hydrogen) atoms. The molecule has 2 aromatic heterocycles. The molecule has 0 bridgehead atoms. The summed E-state index contributed by atoms with van der Waals surface area (Å²) in [4.78, 5) is 15.1. The van der Waals surface area contributed by atoms with Crippen LogP contribution in [0.3, 0.4) is 0 Å². The Kier molecular flexibility index (Phi) is 4.23. The van der Waals surface area contributed by atoms with Gasteiger partial charge in [-0.2, -0.15) is 0 Å². The number of hydrogen-bond acceptors (Lipinski definition) is 5.